The molecule has 2 aliphatic heterocycles. The SMILES string of the molecule is CC(C)C1CCN(C2CCN(C3CC4(CCCCC4)C3)CC2)CC1.CC=O. The van der Waals surface area contributed by atoms with Gasteiger partial charge in [-0.05, 0) is 102 Å². The lowest BCUT2D eigenvalue weighted by Crippen LogP contribution is -2.56. The molecule has 0 amide bonds. The predicted molar refractivity (Wildman–Crippen MR) is 114 cm³/mol. The smallest absolute Gasteiger partial charge is 0.116 e. The van der Waals surface area contributed by atoms with E-state index >= 15 is 0 Å². The molecule has 4 fully saturated rings. The molecule has 1 spiro atoms. The van der Waals surface area contributed by atoms with Crippen molar-refractivity contribution in [3.05, 3.63) is 0 Å². The quantitative estimate of drug-likeness (QED) is 0.637. The predicted octanol–water partition coefficient (Wildman–Crippen LogP) is 5.14. The third-order valence-electron chi connectivity index (χ3n) is 8.30. The highest BCUT2D eigenvalue weighted by Crippen LogP contribution is 2.53. The zero-order valence-electron chi connectivity index (χ0n) is 18.3. The Morgan fingerprint density at radius 2 is 1.30 bits per heavy atom. The molecular formula is C24H44N2O. The van der Waals surface area contributed by atoms with Gasteiger partial charge >= 0.3 is 0 Å². The Morgan fingerprint density at radius 3 is 1.81 bits per heavy atom. The topological polar surface area (TPSA) is 23.6 Å². The molecule has 0 aromatic heterocycles. The van der Waals surface area contributed by atoms with Gasteiger partial charge in [0, 0.05) is 12.1 Å². The summed E-state index contributed by atoms with van der Waals surface area (Å²) in [4.78, 5) is 14.5. The van der Waals surface area contributed by atoms with Crippen LogP contribution in [0.1, 0.15) is 91.4 Å². The van der Waals surface area contributed by atoms with E-state index in [1.807, 2.05) is 0 Å². The van der Waals surface area contributed by atoms with Crippen molar-refractivity contribution < 1.29 is 4.79 Å². The van der Waals surface area contributed by atoms with E-state index in [0.29, 0.717) is 0 Å². The minimum absolute atomic E-state index is 0.750. The van der Waals surface area contributed by atoms with E-state index in [9.17, 15) is 0 Å². The van der Waals surface area contributed by atoms with Gasteiger partial charge in [0.05, 0.1) is 0 Å². The standard InChI is InChI=1S/C22H40N2.C2H4O/c1-18(2)19-6-12-23(13-7-19)20-8-14-24(15-9-20)21-16-22(17-21)10-4-3-5-11-22;1-2-3/h18-21H,3-17H2,1-2H3;2H,1H3. The lowest BCUT2D eigenvalue weighted by molar-refractivity contribution is -0.106. The molecule has 0 aromatic rings. The van der Waals surface area contributed by atoms with Gasteiger partial charge < -0.3 is 14.6 Å². The molecule has 0 radical (unpaired) electrons. The molecule has 4 rings (SSSR count). The van der Waals surface area contributed by atoms with Crippen molar-refractivity contribution in [2.75, 3.05) is 26.2 Å². The Bertz CT molecular complexity index is 433. The van der Waals surface area contributed by atoms with Crippen LogP contribution < -0.4 is 0 Å². The third kappa shape index (κ3) is 5.35. The highest BCUT2D eigenvalue weighted by atomic mass is 16.1. The van der Waals surface area contributed by atoms with Crippen LogP contribution in [-0.2, 0) is 4.79 Å². The van der Waals surface area contributed by atoms with E-state index in [1.165, 1.54) is 90.9 Å². The van der Waals surface area contributed by atoms with Crippen molar-refractivity contribution >= 4 is 6.29 Å². The van der Waals surface area contributed by atoms with E-state index in [4.69, 9.17) is 4.79 Å². The molecule has 2 saturated heterocycles. The van der Waals surface area contributed by atoms with Crippen LogP contribution in [0.25, 0.3) is 0 Å². The van der Waals surface area contributed by atoms with Crippen molar-refractivity contribution in [3.63, 3.8) is 0 Å². The van der Waals surface area contributed by atoms with Crippen molar-refractivity contribution in [3.8, 4) is 0 Å². The number of likely N-dealkylation sites (tertiary alicyclic amines) is 2. The number of hydrogen-bond acceptors (Lipinski definition) is 3. The van der Waals surface area contributed by atoms with Crippen LogP contribution in [0, 0.1) is 17.3 Å². The number of hydrogen-bond donors (Lipinski definition) is 0. The molecule has 2 heterocycles. The molecule has 0 unspecified atom stereocenters. The fraction of sp³-hybridized carbons (Fsp3) is 0.958. The number of carbonyl (C=O) groups excluding carboxylic acids is 1. The molecule has 3 nitrogen and oxygen atoms in total. The summed E-state index contributed by atoms with van der Waals surface area (Å²) in [5.41, 5.74) is 0.804. The van der Waals surface area contributed by atoms with Gasteiger partial charge in [0.1, 0.15) is 6.29 Å². The number of nitrogens with zero attached hydrogens (tertiary/aromatic N) is 2. The maximum atomic E-state index is 8.81. The molecule has 156 valence electrons. The first kappa shape index (κ1) is 21.3. The Kier molecular flexibility index (Phi) is 7.79. The van der Waals surface area contributed by atoms with Crippen LogP contribution in [0.3, 0.4) is 0 Å². The minimum Gasteiger partial charge on any atom is -0.304 e. The molecule has 2 saturated carbocycles. The van der Waals surface area contributed by atoms with Crippen molar-refractivity contribution in [2.24, 2.45) is 17.3 Å². The van der Waals surface area contributed by atoms with Gasteiger partial charge in [0.15, 0.2) is 0 Å². The van der Waals surface area contributed by atoms with Crippen LogP contribution in [0.5, 0.6) is 0 Å². The molecule has 0 aromatic carbocycles. The van der Waals surface area contributed by atoms with Gasteiger partial charge in [-0.15, -0.1) is 0 Å². The van der Waals surface area contributed by atoms with Gasteiger partial charge in [-0.1, -0.05) is 33.1 Å². The molecule has 0 N–H and O–H groups in total. The van der Waals surface area contributed by atoms with Gasteiger partial charge in [0.2, 0.25) is 0 Å². The number of carbonyl (C=O) groups is 1. The normalized spacial score (nSPS) is 28.6. The summed E-state index contributed by atoms with van der Waals surface area (Å²) in [6.07, 6.45) is 17.2. The third-order valence-corrected chi connectivity index (χ3v) is 8.30. The van der Waals surface area contributed by atoms with Crippen LogP contribution in [-0.4, -0.2) is 54.3 Å². The zero-order chi connectivity index (χ0) is 19.3. The second-order valence-corrected chi connectivity index (χ2v) is 10.2. The Labute approximate surface area is 168 Å². The van der Waals surface area contributed by atoms with E-state index < -0.39 is 0 Å². The summed E-state index contributed by atoms with van der Waals surface area (Å²) in [6, 6.07) is 1.86. The summed E-state index contributed by atoms with van der Waals surface area (Å²) in [7, 11) is 0. The van der Waals surface area contributed by atoms with Crippen molar-refractivity contribution in [1.29, 1.82) is 0 Å². The molecular weight excluding hydrogens is 332 g/mol. The molecule has 0 atom stereocenters. The molecule has 2 aliphatic carbocycles. The summed E-state index contributed by atoms with van der Waals surface area (Å²) >= 11 is 0. The van der Waals surface area contributed by atoms with E-state index in [0.717, 1.165) is 35.6 Å². The first-order valence-corrected chi connectivity index (χ1v) is 11.9. The average molecular weight is 377 g/mol. The van der Waals surface area contributed by atoms with E-state index in [1.54, 1.807) is 12.8 Å². The van der Waals surface area contributed by atoms with Crippen LogP contribution >= 0.6 is 0 Å². The second-order valence-electron chi connectivity index (χ2n) is 10.2. The minimum atomic E-state index is 0.750. The molecule has 27 heavy (non-hydrogen) atoms. The Balaban J connectivity index is 0.000000659. The Morgan fingerprint density at radius 1 is 0.815 bits per heavy atom. The van der Waals surface area contributed by atoms with Crippen molar-refractivity contribution in [2.45, 2.75) is 103 Å². The highest BCUT2D eigenvalue weighted by molar-refractivity contribution is 5.44. The number of rotatable bonds is 3. The second kappa shape index (κ2) is 9.87. The van der Waals surface area contributed by atoms with Gasteiger partial charge in [-0.25, -0.2) is 0 Å². The van der Waals surface area contributed by atoms with Crippen LogP contribution in [0.15, 0.2) is 0 Å². The van der Waals surface area contributed by atoms with Gasteiger partial charge in [0.25, 0.3) is 0 Å². The van der Waals surface area contributed by atoms with E-state index in [-0.39, 0.29) is 0 Å². The molecule has 0 bridgehead atoms. The molecule has 4 aliphatic rings. The summed E-state index contributed by atoms with van der Waals surface area (Å²) in [5.74, 6) is 1.88. The summed E-state index contributed by atoms with van der Waals surface area (Å²) in [5, 5.41) is 0. The van der Waals surface area contributed by atoms with Gasteiger partial charge in [-0.2, -0.15) is 0 Å². The van der Waals surface area contributed by atoms with Gasteiger partial charge in [-0.3, -0.25) is 0 Å². The summed E-state index contributed by atoms with van der Waals surface area (Å²) in [6.45, 7) is 11.8. The fourth-order valence-electron chi connectivity index (χ4n) is 6.48. The average Bonchev–Trinajstić information content (AvgIpc) is 2.67. The molecule has 3 heteroatoms. The lowest BCUT2D eigenvalue weighted by Gasteiger charge is -2.55. The Hall–Kier alpha value is -0.410. The number of piperidine rings is 2. The van der Waals surface area contributed by atoms with Crippen LogP contribution in [0.4, 0.5) is 0 Å². The fourth-order valence-corrected chi connectivity index (χ4v) is 6.48. The lowest BCUT2D eigenvalue weighted by atomic mass is 9.58. The van der Waals surface area contributed by atoms with E-state index in [2.05, 4.69) is 23.6 Å². The largest absolute Gasteiger partial charge is 0.304 e. The first-order chi connectivity index (χ1) is 13.1. The van der Waals surface area contributed by atoms with Crippen LogP contribution in [0.2, 0.25) is 0 Å². The highest BCUT2D eigenvalue weighted by Gasteiger charge is 2.47. The zero-order valence-corrected chi connectivity index (χ0v) is 18.3. The monoisotopic (exact) mass is 376 g/mol. The first-order valence-electron chi connectivity index (χ1n) is 11.9. The summed E-state index contributed by atoms with van der Waals surface area (Å²) < 4.78 is 0. The van der Waals surface area contributed by atoms with Crippen molar-refractivity contribution in [1.82, 2.24) is 9.80 Å². The maximum Gasteiger partial charge on any atom is 0.116 e. The maximum absolute atomic E-state index is 8.81. The number of aldehydes is 1.